The van der Waals surface area contributed by atoms with Crippen LogP contribution in [0.2, 0.25) is 0 Å². The molecule has 5 heteroatoms. The number of aryl methyl sites for hydroxylation is 2. The first-order chi connectivity index (χ1) is 15.0. The van der Waals surface area contributed by atoms with E-state index in [4.69, 9.17) is 0 Å². The van der Waals surface area contributed by atoms with E-state index in [1.807, 2.05) is 86.3 Å². The van der Waals surface area contributed by atoms with Crippen LogP contribution < -0.4 is 4.90 Å². The number of pyridine rings is 1. The second-order valence-corrected chi connectivity index (χ2v) is 7.65. The fourth-order valence-corrected chi connectivity index (χ4v) is 3.86. The molecule has 0 spiro atoms. The molecule has 0 fully saturated rings. The van der Waals surface area contributed by atoms with Gasteiger partial charge in [-0.05, 0) is 67.3 Å². The summed E-state index contributed by atoms with van der Waals surface area (Å²) in [6.07, 6.45) is 3.34. The molecule has 1 aliphatic heterocycles. The number of anilines is 1. The number of carbonyl (C=O) groups is 2. The average Bonchev–Trinajstić information content (AvgIpc) is 3.03. The van der Waals surface area contributed by atoms with Crippen molar-refractivity contribution in [2.24, 2.45) is 0 Å². The van der Waals surface area contributed by atoms with Gasteiger partial charge in [0.05, 0.1) is 12.1 Å². The molecule has 4 rings (SSSR count). The van der Waals surface area contributed by atoms with E-state index in [0.717, 1.165) is 27.9 Å². The molecule has 0 atom stereocenters. The van der Waals surface area contributed by atoms with E-state index in [2.05, 4.69) is 4.98 Å². The average molecular weight is 412 g/mol. The smallest absolute Gasteiger partial charge is 0.278 e. The molecule has 5 nitrogen and oxygen atoms in total. The first-order valence-corrected chi connectivity index (χ1v) is 10.4. The van der Waals surface area contributed by atoms with E-state index in [-0.39, 0.29) is 18.4 Å². The van der Waals surface area contributed by atoms with Crippen molar-refractivity contribution in [3.8, 4) is 0 Å². The Labute approximate surface area is 182 Å². The van der Waals surface area contributed by atoms with Crippen LogP contribution in [0.5, 0.6) is 0 Å². The highest BCUT2D eigenvalue weighted by Gasteiger charge is 2.41. The van der Waals surface area contributed by atoms with Crippen LogP contribution in [0, 0.1) is 13.8 Å². The van der Waals surface area contributed by atoms with Crippen LogP contribution >= 0.6 is 0 Å². The zero-order valence-electron chi connectivity index (χ0n) is 18.0. The van der Waals surface area contributed by atoms with Crippen molar-refractivity contribution in [2.45, 2.75) is 27.3 Å². The molecule has 0 saturated carbocycles. The molecule has 0 N–H and O–H groups in total. The highest BCUT2D eigenvalue weighted by Crippen LogP contribution is 2.35. The van der Waals surface area contributed by atoms with E-state index in [1.54, 1.807) is 12.4 Å². The van der Waals surface area contributed by atoms with Crippen LogP contribution in [0.4, 0.5) is 5.69 Å². The predicted molar refractivity (Wildman–Crippen MR) is 122 cm³/mol. The molecule has 2 amide bonds. The van der Waals surface area contributed by atoms with Crippen molar-refractivity contribution in [1.82, 2.24) is 9.88 Å². The Morgan fingerprint density at radius 2 is 1.58 bits per heavy atom. The lowest BCUT2D eigenvalue weighted by atomic mass is 9.99. The fourth-order valence-electron chi connectivity index (χ4n) is 3.86. The number of rotatable bonds is 6. The van der Waals surface area contributed by atoms with Gasteiger partial charge in [-0.3, -0.25) is 19.5 Å². The largest absolute Gasteiger partial charge is 0.337 e. The van der Waals surface area contributed by atoms with Crippen LogP contribution in [-0.4, -0.2) is 28.2 Å². The molecular weight excluding hydrogens is 386 g/mol. The summed E-state index contributed by atoms with van der Waals surface area (Å²) >= 11 is 0. The maximum Gasteiger partial charge on any atom is 0.278 e. The van der Waals surface area contributed by atoms with Crippen LogP contribution in [0.15, 0.2) is 78.8 Å². The van der Waals surface area contributed by atoms with Crippen molar-refractivity contribution in [3.63, 3.8) is 0 Å². The van der Waals surface area contributed by atoms with Gasteiger partial charge in [0.25, 0.3) is 11.8 Å². The number of hydrogen-bond donors (Lipinski definition) is 0. The van der Waals surface area contributed by atoms with Crippen LogP contribution in [-0.2, 0) is 16.1 Å². The number of para-hydroxylation sites is 1. The third-order valence-corrected chi connectivity index (χ3v) is 5.68. The van der Waals surface area contributed by atoms with Crippen LogP contribution in [0.3, 0.4) is 0 Å². The summed E-state index contributed by atoms with van der Waals surface area (Å²) in [7, 11) is 0. The molecule has 1 aromatic heterocycles. The summed E-state index contributed by atoms with van der Waals surface area (Å²) in [5.74, 6) is -0.546. The summed E-state index contributed by atoms with van der Waals surface area (Å²) in [4.78, 5) is 34.5. The van der Waals surface area contributed by atoms with Gasteiger partial charge in [-0.25, -0.2) is 0 Å². The van der Waals surface area contributed by atoms with Crippen molar-refractivity contribution in [1.29, 1.82) is 0 Å². The van der Waals surface area contributed by atoms with Gasteiger partial charge >= 0.3 is 0 Å². The number of aromatic nitrogens is 1. The van der Waals surface area contributed by atoms with E-state index < -0.39 is 0 Å². The Morgan fingerprint density at radius 3 is 2.23 bits per heavy atom. The lowest BCUT2D eigenvalue weighted by molar-refractivity contribution is -0.137. The van der Waals surface area contributed by atoms with Crippen LogP contribution in [0.25, 0.3) is 5.57 Å². The van der Waals surface area contributed by atoms with Crippen molar-refractivity contribution in [2.75, 3.05) is 11.4 Å². The molecule has 1 aliphatic rings. The molecule has 2 aromatic carbocycles. The van der Waals surface area contributed by atoms with Gasteiger partial charge in [0.1, 0.15) is 5.70 Å². The summed E-state index contributed by atoms with van der Waals surface area (Å²) in [5.41, 5.74) is 5.62. The van der Waals surface area contributed by atoms with Crippen molar-refractivity contribution in [3.05, 3.63) is 101 Å². The van der Waals surface area contributed by atoms with E-state index in [0.29, 0.717) is 17.8 Å². The lowest BCUT2D eigenvalue weighted by Gasteiger charge is -2.25. The highest BCUT2D eigenvalue weighted by atomic mass is 16.2. The normalized spacial score (nSPS) is 13.8. The maximum absolute atomic E-state index is 13.6. The number of hydrogen-bond acceptors (Lipinski definition) is 4. The minimum absolute atomic E-state index is 0.213. The molecule has 2 heterocycles. The summed E-state index contributed by atoms with van der Waals surface area (Å²) in [6.45, 7) is 6.82. The Morgan fingerprint density at radius 1 is 0.871 bits per heavy atom. The zero-order chi connectivity index (χ0) is 22.0. The van der Waals surface area contributed by atoms with Gasteiger partial charge in [-0.2, -0.15) is 0 Å². The summed E-state index contributed by atoms with van der Waals surface area (Å²) in [5, 5.41) is 0. The number of nitrogens with zero attached hydrogens (tertiary/aromatic N) is 3. The Bertz CT molecular complexity index is 1150. The SMILES string of the molecule is CCN(C1=C(c2ccc(C)c(C)c2)C(=O)N(Cc2ccncc2)C1=O)c1ccccc1. The third-order valence-electron chi connectivity index (χ3n) is 5.68. The van der Waals surface area contributed by atoms with Gasteiger partial charge in [0.2, 0.25) is 0 Å². The molecule has 3 aromatic rings. The summed E-state index contributed by atoms with van der Waals surface area (Å²) in [6, 6.07) is 19.3. The van der Waals surface area contributed by atoms with Crippen LogP contribution in [0.1, 0.15) is 29.2 Å². The standard InChI is InChI=1S/C26H25N3O2/c1-4-28(22-8-6-5-7-9-22)24-23(21-11-10-18(2)19(3)16-21)25(30)29(26(24)31)17-20-12-14-27-15-13-20/h5-16H,4,17H2,1-3H3. The first kappa shape index (κ1) is 20.5. The number of benzene rings is 2. The van der Waals surface area contributed by atoms with Gasteiger partial charge in [-0.15, -0.1) is 0 Å². The molecule has 0 unspecified atom stereocenters. The fraction of sp³-hybridized carbons (Fsp3) is 0.192. The minimum Gasteiger partial charge on any atom is -0.337 e. The van der Waals surface area contributed by atoms with Gasteiger partial charge < -0.3 is 4.90 Å². The topological polar surface area (TPSA) is 53.5 Å². The Balaban J connectivity index is 1.85. The maximum atomic E-state index is 13.6. The molecule has 0 bridgehead atoms. The second kappa shape index (κ2) is 8.56. The molecular formula is C26H25N3O2. The van der Waals surface area contributed by atoms with Gasteiger partial charge in [-0.1, -0.05) is 36.4 Å². The quantitative estimate of drug-likeness (QED) is 0.560. The number of carbonyl (C=O) groups excluding carboxylic acids is 2. The zero-order valence-corrected chi connectivity index (χ0v) is 18.0. The molecule has 0 radical (unpaired) electrons. The van der Waals surface area contributed by atoms with Gasteiger partial charge in [0.15, 0.2) is 0 Å². The number of amides is 2. The monoisotopic (exact) mass is 411 g/mol. The van der Waals surface area contributed by atoms with Gasteiger partial charge in [0, 0.05) is 24.6 Å². The van der Waals surface area contributed by atoms with E-state index >= 15 is 0 Å². The van der Waals surface area contributed by atoms with Crippen molar-refractivity contribution >= 4 is 23.1 Å². The Hall–Kier alpha value is -3.73. The number of imide groups is 1. The molecule has 0 aliphatic carbocycles. The first-order valence-electron chi connectivity index (χ1n) is 10.4. The van der Waals surface area contributed by atoms with E-state index in [9.17, 15) is 9.59 Å². The predicted octanol–water partition coefficient (Wildman–Crippen LogP) is 4.51. The molecule has 156 valence electrons. The van der Waals surface area contributed by atoms with E-state index in [1.165, 1.54) is 4.90 Å². The second-order valence-electron chi connectivity index (χ2n) is 7.65. The van der Waals surface area contributed by atoms with Crippen molar-refractivity contribution < 1.29 is 9.59 Å². The lowest BCUT2D eigenvalue weighted by Crippen LogP contribution is -2.34. The highest BCUT2D eigenvalue weighted by molar-refractivity contribution is 6.36. The number of likely N-dealkylation sites (N-methyl/N-ethyl adjacent to an activating group) is 1. The molecule has 31 heavy (non-hydrogen) atoms. The third kappa shape index (κ3) is 3.87. The summed E-state index contributed by atoms with van der Waals surface area (Å²) < 4.78 is 0. The minimum atomic E-state index is -0.277. The Kier molecular flexibility index (Phi) is 5.67. The molecule has 0 saturated heterocycles.